The average Bonchev–Trinajstić information content (AvgIpc) is 2.86. The maximum atomic E-state index is 11.9. The van der Waals surface area contributed by atoms with Gasteiger partial charge in [0.1, 0.15) is 5.75 Å². The standard InChI is InChI=1S/C15H20F2N2O2/c1-19(7-8-21-15(16)17)6-5-11-10-18-14-4-3-12(20-2)9-13(11)14/h3-4,9-10,15,18H,5-8H2,1-2H3. The maximum Gasteiger partial charge on any atom is 0.345 e. The number of aromatic amines is 1. The Labute approximate surface area is 122 Å². The molecule has 0 fully saturated rings. The molecule has 0 spiro atoms. The van der Waals surface area contributed by atoms with E-state index in [1.54, 1.807) is 7.11 Å². The molecule has 0 amide bonds. The summed E-state index contributed by atoms with van der Waals surface area (Å²) in [6.45, 7) is -1.40. The normalized spacial score (nSPS) is 11.7. The lowest BCUT2D eigenvalue weighted by Crippen LogP contribution is -2.26. The van der Waals surface area contributed by atoms with Gasteiger partial charge in [0, 0.05) is 30.2 Å². The van der Waals surface area contributed by atoms with Gasteiger partial charge in [-0.05, 0) is 37.2 Å². The van der Waals surface area contributed by atoms with Crippen molar-refractivity contribution in [2.24, 2.45) is 0 Å². The first-order valence-corrected chi connectivity index (χ1v) is 6.82. The molecule has 0 aliphatic heterocycles. The summed E-state index contributed by atoms with van der Waals surface area (Å²) in [4.78, 5) is 5.20. The minimum atomic E-state index is -2.69. The van der Waals surface area contributed by atoms with E-state index in [-0.39, 0.29) is 6.61 Å². The molecular formula is C15H20F2N2O2. The van der Waals surface area contributed by atoms with E-state index >= 15 is 0 Å². The molecule has 2 rings (SSSR count). The number of hydrogen-bond donors (Lipinski definition) is 1. The zero-order valence-corrected chi connectivity index (χ0v) is 12.2. The molecule has 21 heavy (non-hydrogen) atoms. The first-order chi connectivity index (χ1) is 10.1. The van der Waals surface area contributed by atoms with Crippen LogP contribution in [0, 0.1) is 0 Å². The van der Waals surface area contributed by atoms with E-state index in [0.717, 1.165) is 29.6 Å². The summed E-state index contributed by atoms with van der Waals surface area (Å²) in [7, 11) is 3.54. The molecule has 1 N–H and O–H groups in total. The fourth-order valence-electron chi connectivity index (χ4n) is 2.21. The number of nitrogens with one attached hydrogen (secondary N) is 1. The molecule has 1 aromatic heterocycles. The minimum absolute atomic E-state index is 0.0376. The van der Waals surface area contributed by atoms with E-state index in [4.69, 9.17) is 4.74 Å². The van der Waals surface area contributed by atoms with Crippen LogP contribution >= 0.6 is 0 Å². The fourth-order valence-corrected chi connectivity index (χ4v) is 2.21. The molecule has 0 radical (unpaired) electrons. The molecule has 0 aliphatic carbocycles. The number of benzene rings is 1. The van der Waals surface area contributed by atoms with Gasteiger partial charge < -0.3 is 19.4 Å². The van der Waals surface area contributed by atoms with Gasteiger partial charge in [-0.3, -0.25) is 0 Å². The Bertz CT molecular complexity index is 572. The molecule has 1 heterocycles. The Morgan fingerprint density at radius 1 is 1.29 bits per heavy atom. The van der Waals surface area contributed by atoms with Gasteiger partial charge in [0.15, 0.2) is 0 Å². The van der Waals surface area contributed by atoms with E-state index < -0.39 is 6.61 Å². The molecule has 1 aromatic carbocycles. The molecule has 6 heteroatoms. The van der Waals surface area contributed by atoms with E-state index in [2.05, 4.69) is 9.72 Å². The Hall–Kier alpha value is -1.66. The number of methoxy groups -OCH3 is 1. The topological polar surface area (TPSA) is 37.5 Å². The zero-order valence-electron chi connectivity index (χ0n) is 12.2. The lowest BCUT2D eigenvalue weighted by atomic mass is 10.1. The van der Waals surface area contributed by atoms with Crippen molar-refractivity contribution in [3.63, 3.8) is 0 Å². The molecule has 0 aliphatic rings. The summed E-state index contributed by atoms with van der Waals surface area (Å²) < 4.78 is 33.3. The number of halogens is 2. The number of H-pyrrole nitrogens is 1. The van der Waals surface area contributed by atoms with Crippen LogP contribution in [-0.2, 0) is 11.2 Å². The first kappa shape index (κ1) is 15.7. The van der Waals surface area contributed by atoms with Crippen LogP contribution in [-0.4, -0.2) is 50.3 Å². The second-order valence-electron chi connectivity index (χ2n) is 4.91. The Balaban J connectivity index is 1.91. The van der Waals surface area contributed by atoms with Crippen molar-refractivity contribution in [2.75, 3.05) is 33.9 Å². The second kappa shape index (κ2) is 7.38. The number of nitrogens with zero attached hydrogens (tertiary/aromatic N) is 1. The molecule has 4 nitrogen and oxygen atoms in total. The third-order valence-electron chi connectivity index (χ3n) is 3.45. The molecule has 0 atom stereocenters. The van der Waals surface area contributed by atoms with Crippen molar-refractivity contribution in [3.8, 4) is 5.75 Å². The van der Waals surface area contributed by atoms with Crippen LogP contribution < -0.4 is 4.74 Å². The van der Waals surface area contributed by atoms with Crippen LogP contribution in [0.25, 0.3) is 10.9 Å². The van der Waals surface area contributed by atoms with Gasteiger partial charge in [-0.25, -0.2) is 0 Å². The molecule has 116 valence electrons. The molecule has 0 saturated carbocycles. The van der Waals surface area contributed by atoms with Gasteiger partial charge in [0.05, 0.1) is 13.7 Å². The van der Waals surface area contributed by atoms with Crippen LogP contribution in [0.1, 0.15) is 5.56 Å². The van der Waals surface area contributed by atoms with E-state index in [1.165, 1.54) is 5.56 Å². The van der Waals surface area contributed by atoms with Crippen molar-refractivity contribution in [1.29, 1.82) is 0 Å². The predicted molar refractivity (Wildman–Crippen MR) is 78.0 cm³/mol. The lowest BCUT2D eigenvalue weighted by Gasteiger charge is -2.16. The van der Waals surface area contributed by atoms with Crippen molar-refractivity contribution in [1.82, 2.24) is 9.88 Å². The van der Waals surface area contributed by atoms with Gasteiger partial charge in [0.2, 0.25) is 0 Å². The summed E-state index contributed by atoms with van der Waals surface area (Å²) in [5.41, 5.74) is 2.25. The van der Waals surface area contributed by atoms with Crippen molar-refractivity contribution in [3.05, 3.63) is 30.0 Å². The highest BCUT2D eigenvalue weighted by molar-refractivity contribution is 5.84. The summed E-state index contributed by atoms with van der Waals surface area (Å²) in [5.74, 6) is 0.821. The van der Waals surface area contributed by atoms with E-state index in [0.29, 0.717) is 6.54 Å². The third kappa shape index (κ3) is 4.41. The highest BCUT2D eigenvalue weighted by atomic mass is 19.3. The number of likely N-dealkylation sites (N-methyl/N-ethyl adjacent to an activating group) is 1. The van der Waals surface area contributed by atoms with Crippen LogP contribution in [0.4, 0.5) is 8.78 Å². The van der Waals surface area contributed by atoms with Gasteiger partial charge >= 0.3 is 6.61 Å². The zero-order chi connectivity index (χ0) is 15.2. The Kier molecular flexibility index (Phi) is 5.52. The van der Waals surface area contributed by atoms with E-state index in [1.807, 2.05) is 36.3 Å². The Morgan fingerprint density at radius 3 is 2.81 bits per heavy atom. The number of fused-ring (bicyclic) bond motifs is 1. The largest absolute Gasteiger partial charge is 0.497 e. The smallest absolute Gasteiger partial charge is 0.345 e. The molecular weight excluding hydrogens is 278 g/mol. The monoisotopic (exact) mass is 298 g/mol. The molecule has 0 bridgehead atoms. The highest BCUT2D eigenvalue weighted by Crippen LogP contribution is 2.23. The number of ether oxygens (including phenoxy) is 2. The van der Waals surface area contributed by atoms with E-state index in [9.17, 15) is 8.78 Å². The fraction of sp³-hybridized carbons (Fsp3) is 0.467. The van der Waals surface area contributed by atoms with Crippen LogP contribution in [0.15, 0.2) is 24.4 Å². The SMILES string of the molecule is COc1ccc2[nH]cc(CCN(C)CCOC(F)F)c2c1. The quantitative estimate of drug-likeness (QED) is 0.814. The second-order valence-corrected chi connectivity index (χ2v) is 4.91. The number of hydrogen-bond acceptors (Lipinski definition) is 3. The summed E-state index contributed by atoms with van der Waals surface area (Å²) in [6.07, 6.45) is 2.81. The number of rotatable bonds is 8. The lowest BCUT2D eigenvalue weighted by molar-refractivity contribution is -0.131. The third-order valence-corrected chi connectivity index (χ3v) is 3.45. The highest BCUT2D eigenvalue weighted by Gasteiger charge is 2.07. The van der Waals surface area contributed by atoms with Crippen LogP contribution in [0.5, 0.6) is 5.75 Å². The number of alkyl halides is 2. The van der Waals surface area contributed by atoms with Crippen molar-refractivity contribution in [2.45, 2.75) is 13.0 Å². The Morgan fingerprint density at radius 2 is 2.10 bits per heavy atom. The predicted octanol–water partition coefficient (Wildman–Crippen LogP) is 2.89. The summed E-state index contributed by atoms with van der Waals surface area (Å²) >= 11 is 0. The molecule has 2 aromatic rings. The molecule has 0 unspecified atom stereocenters. The average molecular weight is 298 g/mol. The van der Waals surface area contributed by atoms with Gasteiger partial charge in [0.25, 0.3) is 0 Å². The van der Waals surface area contributed by atoms with Crippen LogP contribution in [0.2, 0.25) is 0 Å². The van der Waals surface area contributed by atoms with Crippen LogP contribution in [0.3, 0.4) is 0 Å². The number of aromatic nitrogens is 1. The van der Waals surface area contributed by atoms with Gasteiger partial charge in [-0.15, -0.1) is 0 Å². The van der Waals surface area contributed by atoms with Gasteiger partial charge in [-0.2, -0.15) is 8.78 Å². The summed E-state index contributed by atoms with van der Waals surface area (Å²) in [5, 5.41) is 1.13. The maximum absolute atomic E-state index is 11.9. The first-order valence-electron chi connectivity index (χ1n) is 6.82. The minimum Gasteiger partial charge on any atom is -0.497 e. The summed E-state index contributed by atoms with van der Waals surface area (Å²) in [6, 6.07) is 5.90. The van der Waals surface area contributed by atoms with Crippen molar-refractivity contribution >= 4 is 10.9 Å². The molecule has 0 saturated heterocycles. The van der Waals surface area contributed by atoms with Gasteiger partial charge in [-0.1, -0.05) is 0 Å². The van der Waals surface area contributed by atoms with Crippen molar-refractivity contribution < 1.29 is 18.3 Å².